The third-order valence-corrected chi connectivity index (χ3v) is 5.32. The molecular formula is C24H21NO5. The van der Waals surface area contributed by atoms with Crippen molar-refractivity contribution in [2.45, 2.75) is 18.9 Å². The molecule has 1 atom stereocenters. The Balaban J connectivity index is 1.66. The van der Waals surface area contributed by atoms with Crippen LogP contribution in [0.5, 0.6) is 0 Å². The van der Waals surface area contributed by atoms with Crippen LogP contribution in [0.1, 0.15) is 29.3 Å². The molecule has 152 valence electrons. The predicted octanol–water partition coefficient (Wildman–Crippen LogP) is 3.21. The molecule has 1 aliphatic rings. The summed E-state index contributed by atoms with van der Waals surface area (Å²) < 4.78 is 4.95. The third-order valence-electron chi connectivity index (χ3n) is 5.32. The van der Waals surface area contributed by atoms with E-state index in [-0.39, 0.29) is 18.9 Å². The first-order valence-corrected chi connectivity index (χ1v) is 9.75. The van der Waals surface area contributed by atoms with Crippen LogP contribution in [0.15, 0.2) is 66.7 Å². The van der Waals surface area contributed by atoms with Gasteiger partial charge in [-0.15, -0.1) is 0 Å². The van der Waals surface area contributed by atoms with Crippen LogP contribution >= 0.6 is 0 Å². The van der Waals surface area contributed by atoms with E-state index in [1.54, 1.807) is 43.3 Å². The van der Waals surface area contributed by atoms with E-state index in [1.165, 1.54) is 4.90 Å². The van der Waals surface area contributed by atoms with Gasteiger partial charge in [-0.3, -0.25) is 19.3 Å². The van der Waals surface area contributed by atoms with Gasteiger partial charge in [0.25, 0.3) is 5.91 Å². The van der Waals surface area contributed by atoms with Gasteiger partial charge in [-0.2, -0.15) is 0 Å². The number of rotatable bonds is 6. The SMILES string of the molecule is CCOC(=O)CN1C(=O)[C@@](O)(CC(=O)c2ccc3ccccc3c2)c2ccccc21. The number of fused-ring (bicyclic) bond motifs is 2. The number of nitrogens with zero attached hydrogens (tertiary/aromatic N) is 1. The maximum Gasteiger partial charge on any atom is 0.326 e. The van der Waals surface area contributed by atoms with Crippen LogP contribution in [0.4, 0.5) is 5.69 Å². The zero-order valence-electron chi connectivity index (χ0n) is 16.5. The summed E-state index contributed by atoms with van der Waals surface area (Å²) in [4.78, 5) is 39.3. The number of benzene rings is 3. The first-order chi connectivity index (χ1) is 14.4. The van der Waals surface area contributed by atoms with E-state index < -0.39 is 23.9 Å². The lowest BCUT2D eigenvalue weighted by Gasteiger charge is -2.22. The minimum atomic E-state index is -2.04. The number of carbonyl (C=O) groups is 3. The Morgan fingerprint density at radius 2 is 1.70 bits per heavy atom. The van der Waals surface area contributed by atoms with Crippen LogP contribution in [0, 0.1) is 0 Å². The van der Waals surface area contributed by atoms with Crippen LogP contribution in [-0.4, -0.2) is 35.9 Å². The molecule has 30 heavy (non-hydrogen) atoms. The van der Waals surface area contributed by atoms with Crippen molar-refractivity contribution in [3.63, 3.8) is 0 Å². The molecule has 0 aliphatic carbocycles. The number of amides is 1. The Morgan fingerprint density at radius 3 is 2.47 bits per heavy atom. The second kappa shape index (κ2) is 7.72. The molecule has 0 saturated heterocycles. The van der Waals surface area contributed by atoms with Gasteiger partial charge in [-0.1, -0.05) is 54.6 Å². The molecule has 3 aromatic carbocycles. The minimum absolute atomic E-state index is 0.188. The van der Waals surface area contributed by atoms with E-state index in [2.05, 4.69) is 0 Å². The highest BCUT2D eigenvalue weighted by Gasteiger charge is 2.51. The number of hydrogen-bond donors (Lipinski definition) is 1. The Kier molecular flexibility index (Phi) is 5.10. The smallest absolute Gasteiger partial charge is 0.326 e. The Labute approximate surface area is 173 Å². The van der Waals surface area contributed by atoms with Gasteiger partial charge in [0.05, 0.1) is 18.7 Å². The van der Waals surface area contributed by atoms with Crippen LogP contribution in [-0.2, 0) is 19.9 Å². The number of carbonyl (C=O) groups excluding carboxylic acids is 3. The summed E-state index contributed by atoms with van der Waals surface area (Å²) in [6, 6.07) is 19.6. The topological polar surface area (TPSA) is 83.9 Å². The summed E-state index contributed by atoms with van der Waals surface area (Å²) in [7, 11) is 0. The van der Waals surface area contributed by atoms with Crippen molar-refractivity contribution >= 4 is 34.1 Å². The molecule has 1 N–H and O–H groups in total. The summed E-state index contributed by atoms with van der Waals surface area (Å²) in [5.41, 5.74) is -0.903. The highest BCUT2D eigenvalue weighted by molar-refractivity contribution is 6.12. The summed E-state index contributed by atoms with van der Waals surface area (Å²) in [6.07, 6.45) is -0.416. The number of ketones is 1. The second-order valence-corrected chi connectivity index (χ2v) is 7.24. The number of aliphatic hydroxyl groups is 1. The van der Waals surface area contributed by atoms with E-state index in [1.807, 2.05) is 30.3 Å². The van der Waals surface area contributed by atoms with Crippen molar-refractivity contribution in [3.05, 3.63) is 77.9 Å². The number of anilines is 1. The highest BCUT2D eigenvalue weighted by Crippen LogP contribution is 2.42. The molecule has 0 bridgehead atoms. The molecule has 1 heterocycles. The summed E-state index contributed by atoms with van der Waals surface area (Å²) in [5, 5.41) is 13.2. The van der Waals surface area contributed by atoms with Crippen molar-refractivity contribution in [2.24, 2.45) is 0 Å². The Hall–Kier alpha value is -3.51. The summed E-state index contributed by atoms with van der Waals surface area (Å²) in [5.74, 6) is -1.64. The molecule has 0 spiro atoms. The quantitative estimate of drug-likeness (QED) is 0.505. The predicted molar refractivity (Wildman–Crippen MR) is 112 cm³/mol. The zero-order chi connectivity index (χ0) is 21.3. The van der Waals surface area contributed by atoms with E-state index in [9.17, 15) is 19.5 Å². The molecule has 3 aromatic rings. The van der Waals surface area contributed by atoms with Gasteiger partial charge < -0.3 is 9.84 Å². The molecule has 0 unspecified atom stereocenters. The average Bonchev–Trinajstić information content (AvgIpc) is 2.95. The molecule has 0 saturated carbocycles. The third kappa shape index (κ3) is 3.35. The van der Waals surface area contributed by atoms with Crippen molar-refractivity contribution in [1.82, 2.24) is 0 Å². The molecular weight excluding hydrogens is 382 g/mol. The standard InChI is InChI=1S/C24H21NO5/c1-2-30-22(27)15-25-20-10-6-5-9-19(20)24(29,23(25)28)14-21(26)18-12-11-16-7-3-4-8-17(16)13-18/h3-13,29H,2,14-15H2,1H3/t24-/m1/s1. The lowest BCUT2D eigenvalue weighted by molar-refractivity contribution is -0.144. The van der Waals surface area contributed by atoms with Crippen LogP contribution in [0.3, 0.4) is 0 Å². The van der Waals surface area contributed by atoms with Crippen molar-refractivity contribution in [1.29, 1.82) is 0 Å². The van der Waals surface area contributed by atoms with Crippen molar-refractivity contribution in [3.8, 4) is 0 Å². The molecule has 0 radical (unpaired) electrons. The number of hydrogen-bond acceptors (Lipinski definition) is 5. The average molecular weight is 403 g/mol. The number of Topliss-reactive ketones (excluding diaryl/α,β-unsaturated/α-hetero) is 1. The monoisotopic (exact) mass is 403 g/mol. The molecule has 0 fully saturated rings. The second-order valence-electron chi connectivity index (χ2n) is 7.24. The first kappa shape index (κ1) is 19.8. The van der Waals surface area contributed by atoms with E-state index in [0.29, 0.717) is 16.8 Å². The molecule has 1 amide bonds. The fraction of sp³-hybridized carbons (Fsp3) is 0.208. The fourth-order valence-electron chi connectivity index (χ4n) is 3.87. The fourth-order valence-corrected chi connectivity index (χ4v) is 3.87. The van der Waals surface area contributed by atoms with Crippen LogP contribution in [0.2, 0.25) is 0 Å². The van der Waals surface area contributed by atoms with Crippen LogP contribution in [0.25, 0.3) is 10.8 Å². The van der Waals surface area contributed by atoms with Crippen molar-refractivity contribution < 1.29 is 24.2 Å². The van der Waals surface area contributed by atoms with Gasteiger partial charge in [0.1, 0.15) is 6.54 Å². The summed E-state index contributed by atoms with van der Waals surface area (Å²) in [6.45, 7) is 1.54. The number of esters is 1. The van der Waals surface area contributed by atoms with E-state index in [4.69, 9.17) is 4.74 Å². The highest BCUT2D eigenvalue weighted by atomic mass is 16.5. The van der Waals surface area contributed by atoms with Gasteiger partial charge in [0, 0.05) is 11.1 Å². The lowest BCUT2D eigenvalue weighted by Crippen LogP contribution is -2.44. The largest absolute Gasteiger partial charge is 0.465 e. The van der Waals surface area contributed by atoms with Gasteiger partial charge in [-0.25, -0.2) is 0 Å². The van der Waals surface area contributed by atoms with Crippen LogP contribution < -0.4 is 4.90 Å². The maximum absolute atomic E-state index is 13.1. The summed E-state index contributed by atoms with van der Waals surface area (Å²) >= 11 is 0. The van der Waals surface area contributed by atoms with Gasteiger partial charge in [0.2, 0.25) is 0 Å². The van der Waals surface area contributed by atoms with Gasteiger partial charge in [-0.05, 0) is 29.8 Å². The molecule has 0 aromatic heterocycles. The Morgan fingerprint density at radius 1 is 1.00 bits per heavy atom. The molecule has 4 rings (SSSR count). The minimum Gasteiger partial charge on any atom is -0.465 e. The molecule has 6 nitrogen and oxygen atoms in total. The zero-order valence-corrected chi connectivity index (χ0v) is 16.5. The molecule has 6 heteroatoms. The van der Waals surface area contributed by atoms with Crippen molar-refractivity contribution in [2.75, 3.05) is 18.1 Å². The number of ether oxygens (including phenoxy) is 1. The lowest BCUT2D eigenvalue weighted by atomic mass is 9.88. The molecule has 1 aliphatic heterocycles. The number of para-hydroxylation sites is 1. The maximum atomic E-state index is 13.1. The van der Waals surface area contributed by atoms with E-state index >= 15 is 0 Å². The van der Waals surface area contributed by atoms with E-state index in [0.717, 1.165) is 10.8 Å². The first-order valence-electron chi connectivity index (χ1n) is 9.75. The van der Waals surface area contributed by atoms with Gasteiger partial charge in [0.15, 0.2) is 11.4 Å². The normalized spacial score (nSPS) is 17.8. The Bertz CT molecular complexity index is 1160. The van der Waals surface area contributed by atoms with Gasteiger partial charge >= 0.3 is 5.97 Å².